The maximum Gasteiger partial charge on any atom is 0.273 e. The number of anilines is 1. The SMILES string of the molecule is CN(CCNC(=O)c1cn[nH]n1)c1ccccc1. The molecule has 1 amide bonds. The van der Waals surface area contributed by atoms with Crippen LogP contribution in [-0.2, 0) is 0 Å². The van der Waals surface area contributed by atoms with Gasteiger partial charge in [0.2, 0.25) is 0 Å². The third kappa shape index (κ3) is 3.07. The fourth-order valence-electron chi connectivity index (χ4n) is 1.55. The topological polar surface area (TPSA) is 73.9 Å². The Labute approximate surface area is 105 Å². The number of aromatic nitrogens is 3. The molecule has 1 aromatic heterocycles. The first-order chi connectivity index (χ1) is 8.77. The van der Waals surface area contributed by atoms with Crippen LogP contribution in [0.2, 0.25) is 0 Å². The van der Waals surface area contributed by atoms with Crippen LogP contribution in [0.4, 0.5) is 5.69 Å². The van der Waals surface area contributed by atoms with E-state index in [1.807, 2.05) is 37.4 Å². The van der Waals surface area contributed by atoms with E-state index >= 15 is 0 Å². The summed E-state index contributed by atoms with van der Waals surface area (Å²) >= 11 is 0. The summed E-state index contributed by atoms with van der Waals surface area (Å²) in [5.74, 6) is -0.217. The predicted molar refractivity (Wildman–Crippen MR) is 68.4 cm³/mol. The van der Waals surface area contributed by atoms with Crippen LogP contribution < -0.4 is 10.2 Å². The van der Waals surface area contributed by atoms with E-state index in [2.05, 4.69) is 25.6 Å². The van der Waals surface area contributed by atoms with Gasteiger partial charge in [0, 0.05) is 25.8 Å². The quantitative estimate of drug-likeness (QED) is 0.812. The van der Waals surface area contributed by atoms with E-state index in [0.717, 1.165) is 12.2 Å². The van der Waals surface area contributed by atoms with Crippen LogP contribution in [0.1, 0.15) is 10.5 Å². The van der Waals surface area contributed by atoms with Gasteiger partial charge >= 0.3 is 0 Å². The number of carbonyl (C=O) groups is 1. The summed E-state index contributed by atoms with van der Waals surface area (Å²) < 4.78 is 0. The van der Waals surface area contributed by atoms with E-state index in [0.29, 0.717) is 12.2 Å². The van der Waals surface area contributed by atoms with Gasteiger partial charge in [-0.15, -0.1) is 0 Å². The van der Waals surface area contributed by atoms with Crippen molar-refractivity contribution in [1.29, 1.82) is 0 Å². The molecule has 0 aliphatic carbocycles. The standard InChI is InChI=1S/C12H15N5O/c1-17(10-5-3-2-4-6-10)8-7-13-12(18)11-9-14-16-15-11/h2-6,9H,7-8H2,1H3,(H,13,18)(H,14,15,16). The molecule has 2 rings (SSSR count). The van der Waals surface area contributed by atoms with Gasteiger partial charge in [0.05, 0.1) is 6.20 Å². The smallest absolute Gasteiger partial charge is 0.273 e. The highest BCUT2D eigenvalue weighted by Gasteiger charge is 2.07. The van der Waals surface area contributed by atoms with Crippen molar-refractivity contribution >= 4 is 11.6 Å². The molecule has 6 nitrogen and oxygen atoms in total. The third-order valence-corrected chi connectivity index (χ3v) is 2.58. The van der Waals surface area contributed by atoms with Gasteiger partial charge in [0.15, 0.2) is 5.69 Å². The normalized spacial score (nSPS) is 10.1. The van der Waals surface area contributed by atoms with Crippen LogP contribution in [0.25, 0.3) is 0 Å². The molecule has 2 N–H and O–H groups in total. The Balaban J connectivity index is 1.77. The molecule has 0 aliphatic heterocycles. The van der Waals surface area contributed by atoms with Crippen LogP contribution in [-0.4, -0.2) is 41.5 Å². The number of hydrogen-bond donors (Lipinski definition) is 2. The minimum atomic E-state index is -0.217. The Morgan fingerprint density at radius 3 is 2.83 bits per heavy atom. The fraction of sp³-hybridized carbons (Fsp3) is 0.250. The molecule has 0 unspecified atom stereocenters. The van der Waals surface area contributed by atoms with Crippen LogP contribution >= 0.6 is 0 Å². The fourth-order valence-corrected chi connectivity index (χ4v) is 1.55. The maximum atomic E-state index is 11.6. The van der Waals surface area contributed by atoms with E-state index in [4.69, 9.17) is 0 Å². The molecule has 0 aliphatic rings. The summed E-state index contributed by atoms with van der Waals surface area (Å²) in [6.07, 6.45) is 1.40. The van der Waals surface area contributed by atoms with Crippen molar-refractivity contribution in [2.45, 2.75) is 0 Å². The highest BCUT2D eigenvalue weighted by Crippen LogP contribution is 2.09. The number of aromatic amines is 1. The number of amides is 1. The van der Waals surface area contributed by atoms with Crippen molar-refractivity contribution in [3.05, 3.63) is 42.2 Å². The number of nitrogens with one attached hydrogen (secondary N) is 2. The third-order valence-electron chi connectivity index (χ3n) is 2.58. The van der Waals surface area contributed by atoms with Crippen molar-refractivity contribution in [3.8, 4) is 0 Å². The second kappa shape index (κ2) is 5.81. The van der Waals surface area contributed by atoms with Crippen LogP contribution in [0, 0.1) is 0 Å². The summed E-state index contributed by atoms with van der Waals surface area (Å²) in [6, 6.07) is 10.0. The molecule has 0 atom stereocenters. The average Bonchev–Trinajstić information content (AvgIpc) is 2.93. The molecule has 6 heteroatoms. The number of H-pyrrole nitrogens is 1. The summed E-state index contributed by atoms with van der Waals surface area (Å²) in [5.41, 5.74) is 1.42. The van der Waals surface area contributed by atoms with Crippen molar-refractivity contribution in [3.63, 3.8) is 0 Å². The summed E-state index contributed by atoms with van der Waals surface area (Å²) in [4.78, 5) is 13.6. The van der Waals surface area contributed by atoms with Gasteiger partial charge in [-0.25, -0.2) is 0 Å². The van der Waals surface area contributed by atoms with Gasteiger partial charge < -0.3 is 10.2 Å². The van der Waals surface area contributed by atoms with Crippen molar-refractivity contribution in [2.24, 2.45) is 0 Å². The zero-order chi connectivity index (χ0) is 12.8. The Morgan fingerprint density at radius 1 is 1.39 bits per heavy atom. The van der Waals surface area contributed by atoms with Crippen LogP contribution in [0.15, 0.2) is 36.5 Å². The van der Waals surface area contributed by atoms with Gasteiger partial charge in [-0.05, 0) is 12.1 Å². The second-order valence-electron chi connectivity index (χ2n) is 3.87. The number of rotatable bonds is 5. The Morgan fingerprint density at radius 2 is 2.17 bits per heavy atom. The van der Waals surface area contributed by atoms with Gasteiger partial charge in [-0.3, -0.25) is 4.79 Å². The molecular formula is C12H15N5O. The molecule has 0 radical (unpaired) electrons. The summed E-state index contributed by atoms with van der Waals surface area (Å²) in [5, 5.41) is 12.5. The molecule has 1 heterocycles. The number of carbonyl (C=O) groups excluding carboxylic acids is 1. The average molecular weight is 245 g/mol. The molecule has 0 saturated carbocycles. The molecule has 0 saturated heterocycles. The lowest BCUT2D eigenvalue weighted by Gasteiger charge is -2.19. The van der Waals surface area contributed by atoms with E-state index in [9.17, 15) is 4.79 Å². The van der Waals surface area contributed by atoms with E-state index < -0.39 is 0 Å². The molecule has 0 fully saturated rings. The Kier molecular flexibility index (Phi) is 3.90. The highest BCUT2D eigenvalue weighted by atomic mass is 16.1. The Hall–Kier alpha value is -2.37. The number of likely N-dealkylation sites (N-methyl/N-ethyl adjacent to an activating group) is 1. The molecule has 0 spiro atoms. The molecule has 1 aromatic carbocycles. The van der Waals surface area contributed by atoms with Crippen molar-refractivity contribution in [2.75, 3.05) is 25.0 Å². The maximum absolute atomic E-state index is 11.6. The second-order valence-corrected chi connectivity index (χ2v) is 3.87. The molecular weight excluding hydrogens is 230 g/mol. The first-order valence-electron chi connectivity index (χ1n) is 5.67. The zero-order valence-electron chi connectivity index (χ0n) is 10.1. The lowest BCUT2D eigenvalue weighted by Crippen LogP contribution is -2.33. The number of para-hydroxylation sites is 1. The minimum absolute atomic E-state index is 0.217. The number of hydrogen-bond acceptors (Lipinski definition) is 4. The van der Waals surface area contributed by atoms with Gasteiger partial charge in [0.25, 0.3) is 5.91 Å². The van der Waals surface area contributed by atoms with Crippen LogP contribution in [0.3, 0.4) is 0 Å². The highest BCUT2D eigenvalue weighted by molar-refractivity contribution is 5.91. The molecule has 2 aromatic rings. The lowest BCUT2D eigenvalue weighted by molar-refractivity contribution is 0.0949. The summed E-state index contributed by atoms with van der Waals surface area (Å²) in [6.45, 7) is 1.28. The largest absolute Gasteiger partial charge is 0.373 e. The lowest BCUT2D eigenvalue weighted by atomic mass is 10.3. The van der Waals surface area contributed by atoms with Gasteiger partial charge in [-0.2, -0.15) is 15.4 Å². The predicted octanol–water partition coefficient (Wildman–Crippen LogP) is 0.671. The van der Waals surface area contributed by atoms with Crippen molar-refractivity contribution in [1.82, 2.24) is 20.7 Å². The van der Waals surface area contributed by atoms with E-state index in [1.165, 1.54) is 6.20 Å². The first kappa shape index (κ1) is 12.1. The minimum Gasteiger partial charge on any atom is -0.373 e. The number of benzene rings is 1. The monoisotopic (exact) mass is 245 g/mol. The van der Waals surface area contributed by atoms with Gasteiger partial charge in [-0.1, -0.05) is 18.2 Å². The zero-order valence-corrected chi connectivity index (χ0v) is 10.1. The van der Waals surface area contributed by atoms with E-state index in [1.54, 1.807) is 0 Å². The number of nitrogens with zero attached hydrogens (tertiary/aromatic N) is 3. The molecule has 0 bridgehead atoms. The first-order valence-corrected chi connectivity index (χ1v) is 5.67. The van der Waals surface area contributed by atoms with E-state index in [-0.39, 0.29) is 5.91 Å². The van der Waals surface area contributed by atoms with Crippen LogP contribution in [0.5, 0.6) is 0 Å². The molecule has 18 heavy (non-hydrogen) atoms. The molecule has 94 valence electrons. The Bertz CT molecular complexity index is 482. The van der Waals surface area contributed by atoms with Gasteiger partial charge in [0.1, 0.15) is 0 Å². The van der Waals surface area contributed by atoms with Crippen molar-refractivity contribution < 1.29 is 4.79 Å². The summed E-state index contributed by atoms with van der Waals surface area (Å²) in [7, 11) is 1.98.